The predicted octanol–water partition coefficient (Wildman–Crippen LogP) is 3.74. The first-order valence-corrected chi connectivity index (χ1v) is 9.34. The van der Waals surface area contributed by atoms with Crippen LogP contribution in [0.5, 0.6) is 0 Å². The minimum atomic E-state index is -0.592. The van der Waals surface area contributed by atoms with Crippen LogP contribution in [0, 0.1) is 29.5 Å². The average molecular weight is 391 g/mol. The maximum atomic E-state index is 13.9. The number of allylic oxidation sites excluding steroid dienone is 1. The van der Waals surface area contributed by atoms with Gasteiger partial charge in [-0.25, -0.2) is 4.39 Å². The molecule has 1 atom stereocenters. The Balaban J connectivity index is 2.30. The van der Waals surface area contributed by atoms with Crippen molar-refractivity contribution in [2.24, 2.45) is 11.8 Å². The molecule has 1 saturated heterocycles. The molecule has 1 aliphatic rings. The molecule has 0 radical (unpaired) electrons. The molecule has 0 spiro atoms. The zero-order valence-electron chi connectivity index (χ0n) is 16.0. The topological polar surface area (TPSA) is 49.4 Å². The summed E-state index contributed by atoms with van der Waals surface area (Å²) in [5.41, 5.74) is 0.774. The average Bonchev–Trinajstić information content (AvgIpc) is 2.55. The van der Waals surface area contributed by atoms with Crippen LogP contribution in [0.15, 0.2) is 30.0 Å². The second-order valence-corrected chi connectivity index (χ2v) is 7.81. The molecule has 0 aliphatic carbocycles. The molecule has 0 bridgehead atoms. The van der Waals surface area contributed by atoms with Crippen LogP contribution >= 0.6 is 11.6 Å². The van der Waals surface area contributed by atoms with Gasteiger partial charge in [0, 0.05) is 16.6 Å². The Morgan fingerprint density at radius 2 is 2.11 bits per heavy atom. The predicted molar refractivity (Wildman–Crippen MR) is 104 cm³/mol. The lowest BCUT2D eigenvalue weighted by Crippen LogP contribution is -2.56. The molecule has 144 valence electrons. The van der Waals surface area contributed by atoms with Gasteiger partial charge in [0.05, 0.1) is 12.1 Å². The van der Waals surface area contributed by atoms with Gasteiger partial charge in [-0.2, -0.15) is 0 Å². The highest BCUT2D eigenvalue weighted by Gasteiger charge is 2.34. The van der Waals surface area contributed by atoms with Crippen molar-refractivity contribution >= 4 is 23.4 Å². The number of nitrogens with zero attached hydrogens (tertiary/aromatic N) is 1. The minimum absolute atomic E-state index is 0.0903. The molecule has 1 aromatic carbocycles. The molecule has 2 amide bonds. The van der Waals surface area contributed by atoms with E-state index in [0.717, 1.165) is 6.07 Å². The summed E-state index contributed by atoms with van der Waals surface area (Å²) in [4.78, 5) is 26.7. The van der Waals surface area contributed by atoms with Crippen LogP contribution in [0.4, 0.5) is 4.39 Å². The number of benzene rings is 1. The number of amides is 2. The standard InChI is InChI=1S/C21H24ClFN2O2/c1-13(2)9-17-12-25(19(10-14(3)4)21(27)24-17)20(26)8-6-15-5-7-16(22)11-18(15)23/h5,7,9,11,13-14,19H,10,12H2,1-4H3,(H,24,27)/b17-9-. The van der Waals surface area contributed by atoms with E-state index >= 15 is 0 Å². The lowest BCUT2D eigenvalue weighted by molar-refractivity contribution is -0.138. The summed E-state index contributed by atoms with van der Waals surface area (Å²) in [5.74, 6) is 4.19. The Morgan fingerprint density at radius 1 is 1.41 bits per heavy atom. The summed E-state index contributed by atoms with van der Waals surface area (Å²) in [6.45, 7) is 8.25. The number of carbonyl (C=O) groups excluding carboxylic acids is 2. The molecule has 1 aromatic rings. The van der Waals surface area contributed by atoms with E-state index < -0.39 is 17.8 Å². The van der Waals surface area contributed by atoms with E-state index in [4.69, 9.17) is 11.6 Å². The molecule has 1 N–H and O–H groups in total. The summed E-state index contributed by atoms with van der Waals surface area (Å²) >= 11 is 5.73. The third-order valence-corrected chi connectivity index (χ3v) is 4.26. The number of rotatable bonds is 3. The van der Waals surface area contributed by atoms with Crippen molar-refractivity contribution in [3.05, 3.63) is 46.4 Å². The first-order valence-electron chi connectivity index (χ1n) is 8.96. The zero-order chi connectivity index (χ0) is 20.1. The van der Waals surface area contributed by atoms with Crippen molar-refractivity contribution in [1.82, 2.24) is 10.2 Å². The summed E-state index contributed by atoms with van der Waals surface area (Å²) in [6, 6.07) is 3.50. The number of carbonyl (C=O) groups is 2. The van der Waals surface area contributed by atoms with E-state index in [9.17, 15) is 14.0 Å². The number of halogens is 2. The van der Waals surface area contributed by atoms with Gasteiger partial charge in [-0.15, -0.1) is 0 Å². The summed E-state index contributed by atoms with van der Waals surface area (Å²) in [6.07, 6.45) is 2.44. The van der Waals surface area contributed by atoms with E-state index in [0.29, 0.717) is 12.1 Å². The fourth-order valence-corrected chi connectivity index (χ4v) is 3.05. The Kier molecular flexibility index (Phi) is 7.04. The molecular weight excluding hydrogens is 367 g/mol. The highest BCUT2D eigenvalue weighted by atomic mass is 35.5. The van der Waals surface area contributed by atoms with Crippen LogP contribution < -0.4 is 5.32 Å². The fraction of sp³-hybridized carbons (Fsp3) is 0.429. The van der Waals surface area contributed by atoms with E-state index in [1.54, 1.807) is 0 Å². The van der Waals surface area contributed by atoms with Gasteiger partial charge >= 0.3 is 0 Å². The highest BCUT2D eigenvalue weighted by molar-refractivity contribution is 6.30. The normalized spacial score (nSPS) is 18.5. The van der Waals surface area contributed by atoms with Crippen LogP contribution in [0.2, 0.25) is 5.02 Å². The smallest absolute Gasteiger partial charge is 0.299 e. The summed E-state index contributed by atoms with van der Waals surface area (Å²) in [5, 5.41) is 3.14. The molecule has 2 rings (SSSR count). The molecule has 27 heavy (non-hydrogen) atoms. The van der Waals surface area contributed by atoms with Gasteiger partial charge in [0.2, 0.25) is 5.91 Å². The number of hydrogen-bond acceptors (Lipinski definition) is 2. The second kappa shape index (κ2) is 9.05. The first kappa shape index (κ1) is 21.0. The van der Waals surface area contributed by atoms with Crippen LogP contribution in [0.25, 0.3) is 0 Å². The van der Waals surface area contributed by atoms with Crippen molar-refractivity contribution < 1.29 is 14.0 Å². The largest absolute Gasteiger partial charge is 0.327 e. The van der Waals surface area contributed by atoms with Crippen molar-refractivity contribution in [3.8, 4) is 11.8 Å². The van der Waals surface area contributed by atoms with Crippen LogP contribution in [0.3, 0.4) is 0 Å². The van der Waals surface area contributed by atoms with Crippen molar-refractivity contribution in [2.75, 3.05) is 6.54 Å². The van der Waals surface area contributed by atoms with E-state index in [1.165, 1.54) is 17.0 Å². The van der Waals surface area contributed by atoms with Gasteiger partial charge in [0.25, 0.3) is 5.91 Å². The van der Waals surface area contributed by atoms with Crippen molar-refractivity contribution in [2.45, 2.75) is 40.2 Å². The fourth-order valence-electron chi connectivity index (χ4n) is 2.89. The lowest BCUT2D eigenvalue weighted by Gasteiger charge is -2.36. The monoisotopic (exact) mass is 390 g/mol. The van der Waals surface area contributed by atoms with Crippen molar-refractivity contribution in [3.63, 3.8) is 0 Å². The van der Waals surface area contributed by atoms with Gasteiger partial charge in [0.15, 0.2) is 0 Å². The van der Waals surface area contributed by atoms with E-state index in [-0.39, 0.29) is 34.9 Å². The van der Waals surface area contributed by atoms with Gasteiger partial charge in [-0.3, -0.25) is 9.59 Å². The Labute approximate surface area is 164 Å². The van der Waals surface area contributed by atoms with E-state index in [1.807, 2.05) is 33.8 Å². The Hall–Kier alpha value is -2.32. The van der Waals surface area contributed by atoms with Crippen molar-refractivity contribution in [1.29, 1.82) is 0 Å². The molecule has 0 aromatic heterocycles. The molecular formula is C21H24ClFN2O2. The van der Waals surface area contributed by atoms with Crippen LogP contribution in [-0.4, -0.2) is 29.3 Å². The van der Waals surface area contributed by atoms with Gasteiger partial charge in [-0.05, 0) is 36.5 Å². The number of nitrogens with one attached hydrogen (secondary N) is 1. The summed E-state index contributed by atoms with van der Waals surface area (Å²) in [7, 11) is 0. The molecule has 6 heteroatoms. The molecule has 1 fully saturated rings. The maximum absolute atomic E-state index is 13.9. The first-order chi connectivity index (χ1) is 12.7. The second-order valence-electron chi connectivity index (χ2n) is 7.38. The number of piperazine rings is 1. The molecule has 1 aliphatic heterocycles. The van der Waals surface area contributed by atoms with Crippen LogP contribution in [0.1, 0.15) is 39.7 Å². The zero-order valence-corrected chi connectivity index (χ0v) is 16.7. The lowest BCUT2D eigenvalue weighted by atomic mass is 9.98. The third kappa shape index (κ3) is 5.83. The Bertz CT molecular complexity index is 821. The van der Waals surface area contributed by atoms with E-state index in [2.05, 4.69) is 17.2 Å². The quantitative estimate of drug-likeness (QED) is 0.799. The number of hydrogen-bond donors (Lipinski definition) is 1. The molecule has 0 saturated carbocycles. The van der Waals surface area contributed by atoms with Crippen LogP contribution in [-0.2, 0) is 9.59 Å². The van der Waals surface area contributed by atoms with Gasteiger partial charge in [0.1, 0.15) is 11.9 Å². The maximum Gasteiger partial charge on any atom is 0.299 e. The minimum Gasteiger partial charge on any atom is -0.327 e. The molecule has 1 unspecified atom stereocenters. The van der Waals surface area contributed by atoms with Gasteiger partial charge in [-0.1, -0.05) is 51.3 Å². The Morgan fingerprint density at radius 3 is 2.70 bits per heavy atom. The highest BCUT2D eigenvalue weighted by Crippen LogP contribution is 2.19. The molecule has 4 nitrogen and oxygen atoms in total. The van der Waals surface area contributed by atoms with Gasteiger partial charge < -0.3 is 10.2 Å². The molecule has 1 heterocycles. The SMILES string of the molecule is CC(C)/C=C1/CN(C(=O)C#Cc2ccc(Cl)cc2F)C(CC(C)C)C(=O)N1. The summed E-state index contributed by atoms with van der Waals surface area (Å²) < 4.78 is 13.9. The third-order valence-electron chi connectivity index (χ3n) is 4.03.